The van der Waals surface area contributed by atoms with Gasteiger partial charge in [-0.3, -0.25) is 0 Å². The molecule has 0 aliphatic heterocycles. The highest BCUT2D eigenvalue weighted by Gasteiger charge is 2.05. The Morgan fingerprint density at radius 2 is 1.94 bits per heavy atom. The summed E-state index contributed by atoms with van der Waals surface area (Å²) in [5.41, 5.74) is 2.47. The zero-order valence-corrected chi connectivity index (χ0v) is 11.0. The molecular weight excluding hydrogens is 213 g/mol. The van der Waals surface area contributed by atoms with Crippen LogP contribution in [0.5, 0.6) is 0 Å². The predicted molar refractivity (Wildman–Crippen MR) is 71.6 cm³/mol. The average Bonchev–Trinajstić information content (AvgIpc) is 2.28. The molecule has 2 heteroatoms. The van der Waals surface area contributed by atoms with Gasteiger partial charge in [-0.25, -0.2) is 4.39 Å². The Labute approximate surface area is 104 Å². The van der Waals surface area contributed by atoms with Crippen LogP contribution in [-0.4, -0.2) is 12.6 Å². The van der Waals surface area contributed by atoms with Gasteiger partial charge in [0.1, 0.15) is 5.82 Å². The van der Waals surface area contributed by atoms with E-state index in [1.807, 2.05) is 12.1 Å². The lowest BCUT2D eigenvalue weighted by Crippen LogP contribution is -2.30. The molecule has 0 aromatic heterocycles. The van der Waals surface area contributed by atoms with Gasteiger partial charge in [-0.1, -0.05) is 30.7 Å². The fourth-order valence-electron chi connectivity index (χ4n) is 1.80. The van der Waals surface area contributed by atoms with Gasteiger partial charge in [0.25, 0.3) is 0 Å². The van der Waals surface area contributed by atoms with E-state index in [1.54, 1.807) is 0 Å². The summed E-state index contributed by atoms with van der Waals surface area (Å²) in [4.78, 5) is 0. The van der Waals surface area contributed by atoms with Gasteiger partial charge in [-0.05, 0) is 50.9 Å². The lowest BCUT2D eigenvalue weighted by atomic mass is 10.0. The number of hydrogen-bond donors (Lipinski definition) is 1. The second kappa shape index (κ2) is 7.23. The molecule has 1 rings (SSSR count). The van der Waals surface area contributed by atoms with Crippen LogP contribution in [0.4, 0.5) is 4.39 Å². The fourth-order valence-corrected chi connectivity index (χ4v) is 1.80. The highest BCUT2D eigenvalue weighted by molar-refractivity contribution is 5.19. The summed E-state index contributed by atoms with van der Waals surface area (Å²) in [6.07, 6.45) is 4.26. The normalized spacial score (nSPS) is 12.2. The number of allylic oxidation sites excluding steroid dienone is 1. The molecule has 0 heterocycles. The van der Waals surface area contributed by atoms with Crippen molar-refractivity contribution in [1.29, 1.82) is 0 Å². The molecule has 0 saturated heterocycles. The molecule has 0 amide bonds. The minimum atomic E-state index is -0.172. The van der Waals surface area contributed by atoms with E-state index in [9.17, 15) is 4.39 Å². The first-order chi connectivity index (χ1) is 8.11. The summed E-state index contributed by atoms with van der Waals surface area (Å²) in [6, 6.07) is 7.10. The van der Waals surface area contributed by atoms with E-state index in [1.165, 1.54) is 17.7 Å². The first-order valence-corrected chi connectivity index (χ1v) is 6.24. The fraction of sp³-hybridized carbons (Fsp3) is 0.467. The molecule has 1 unspecified atom stereocenters. The van der Waals surface area contributed by atoms with Crippen molar-refractivity contribution in [3.8, 4) is 0 Å². The molecule has 94 valence electrons. The zero-order valence-electron chi connectivity index (χ0n) is 11.0. The molecule has 0 aliphatic carbocycles. The van der Waals surface area contributed by atoms with Crippen molar-refractivity contribution in [3.63, 3.8) is 0 Å². The van der Waals surface area contributed by atoms with Gasteiger partial charge in [-0.15, -0.1) is 0 Å². The van der Waals surface area contributed by atoms with Crippen LogP contribution in [0, 0.1) is 5.82 Å². The summed E-state index contributed by atoms with van der Waals surface area (Å²) in [7, 11) is 0. The molecule has 1 N–H and O–H groups in total. The lowest BCUT2D eigenvalue weighted by molar-refractivity contribution is 0.580. The molecule has 0 aliphatic rings. The van der Waals surface area contributed by atoms with Crippen LogP contribution in [0.25, 0.3) is 0 Å². The van der Waals surface area contributed by atoms with Gasteiger partial charge in [-0.2, -0.15) is 0 Å². The Hall–Kier alpha value is -1.15. The topological polar surface area (TPSA) is 12.0 Å². The molecule has 17 heavy (non-hydrogen) atoms. The van der Waals surface area contributed by atoms with Gasteiger partial charge < -0.3 is 5.32 Å². The van der Waals surface area contributed by atoms with Gasteiger partial charge in [0.2, 0.25) is 0 Å². The highest BCUT2D eigenvalue weighted by atomic mass is 19.1. The quantitative estimate of drug-likeness (QED) is 0.741. The first-order valence-electron chi connectivity index (χ1n) is 6.24. The number of halogens is 1. The van der Waals surface area contributed by atoms with Crippen LogP contribution in [-0.2, 0) is 6.42 Å². The minimum Gasteiger partial charge on any atom is -0.310 e. The van der Waals surface area contributed by atoms with E-state index in [0.717, 1.165) is 24.9 Å². The van der Waals surface area contributed by atoms with Crippen molar-refractivity contribution < 1.29 is 4.39 Å². The molecule has 1 nitrogen and oxygen atoms in total. The summed E-state index contributed by atoms with van der Waals surface area (Å²) >= 11 is 0. The van der Waals surface area contributed by atoms with Crippen LogP contribution < -0.4 is 5.32 Å². The predicted octanol–water partition coefficient (Wildman–Crippen LogP) is 3.70. The maximum atomic E-state index is 12.8. The van der Waals surface area contributed by atoms with Crippen LogP contribution in [0.1, 0.15) is 32.8 Å². The third-order valence-corrected chi connectivity index (χ3v) is 2.56. The van der Waals surface area contributed by atoms with Crippen molar-refractivity contribution in [3.05, 3.63) is 47.3 Å². The molecular formula is C15H22FN. The highest BCUT2D eigenvalue weighted by Crippen LogP contribution is 2.08. The number of benzene rings is 1. The number of hydrogen-bond acceptors (Lipinski definition) is 1. The molecule has 0 fully saturated rings. The average molecular weight is 235 g/mol. The van der Waals surface area contributed by atoms with Crippen LogP contribution >= 0.6 is 0 Å². The Bertz CT molecular complexity index is 350. The Morgan fingerprint density at radius 1 is 1.29 bits per heavy atom. The van der Waals surface area contributed by atoms with E-state index in [0.29, 0.717) is 6.04 Å². The second-order valence-electron chi connectivity index (χ2n) is 4.64. The third-order valence-electron chi connectivity index (χ3n) is 2.56. The molecule has 0 radical (unpaired) electrons. The van der Waals surface area contributed by atoms with E-state index in [4.69, 9.17) is 0 Å². The zero-order chi connectivity index (χ0) is 12.7. The summed E-state index contributed by atoms with van der Waals surface area (Å²) in [6.45, 7) is 7.37. The summed E-state index contributed by atoms with van der Waals surface area (Å²) in [5.74, 6) is -0.172. The SMILES string of the molecule is CCCNC(C=C(C)C)Cc1ccc(F)cc1. The second-order valence-corrected chi connectivity index (χ2v) is 4.64. The maximum absolute atomic E-state index is 12.8. The Kier molecular flexibility index (Phi) is 5.92. The molecule has 0 bridgehead atoms. The van der Waals surface area contributed by atoms with Gasteiger partial charge in [0, 0.05) is 6.04 Å². The van der Waals surface area contributed by atoms with Gasteiger partial charge in [0.15, 0.2) is 0 Å². The van der Waals surface area contributed by atoms with Crippen molar-refractivity contribution in [1.82, 2.24) is 5.32 Å². The van der Waals surface area contributed by atoms with Gasteiger partial charge >= 0.3 is 0 Å². The minimum absolute atomic E-state index is 0.172. The molecule has 1 atom stereocenters. The first kappa shape index (κ1) is 13.9. The van der Waals surface area contributed by atoms with Crippen molar-refractivity contribution in [2.75, 3.05) is 6.54 Å². The number of rotatable bonds is 6. The third kappa shape index (κ3) is 5.64. The largest absolute Gasteiger partial charge is 0.310 e. The lowest BCUT2D eigenvalue weighted by Gasteiger charge is -2.15. The van der Waals surface area contributed by atoms with Crippen LogP contribution in [0.2, 0.25) is 0 Å². The van der Waals surface area contributed by atoms with E-state index >= 15 is 0 Å². The van der Waals surface area contributed by atoms with Crippen LogP contribution in [0.15, 0.2) is 35.9 Å². The Balaban J connectivity index is 2.64. The monoisotopic (exact) mass is 235 g/mol. The molecule has 0 saturated carbocycles. The summed E-state index contributed by atoms with van der Waals surface area (Å²) in [5, 5.41) is 3.49. The molecule has 0 spiro atoms. The Morgan fingerprint density at radius 3 is 2.47 bits per heavy atom. The van der Waals surface area contributed by atoms with Crippen molar-refractivity contribution >= 4 is 0 Å². The van der Waals surface area contributed by atoms with E-state index in [-0.39, 0.29) is 5.82 Å². The van der Waals surface area contributed by atoms with E-state index < -0.39 is 0 Å². The van der Waals surface area contributed by atoms with E-state index in [2.05, 4.69) is 32.2 Å². The van der Waals surface area contributed by atoms with Crippen molar-refractivity contribution in [2.24, 2.45) is 0 Å². The molecule has 1 aromatic carbocycles. The van der Waals surface area contributed by atoms with Crippen LogP contribution in [0.3, 0.4) is 0 Å². The summed E-state index contributed by atoms with van der Waals surface area (Å²) < 4.78 is 12.8. The standard InChI is InChI=1S/C15H22FN/c1-4-9-17-15(10-12(2)3)11-13-5-7-14(16)8-6-13/h5-8,10,15,17H,4,9,11H2,1-3H3. The van der Waals surface area contributed by atoms with Gasteiger partial charge in [0.05, 0.1) is 0 Å². The van der Waals surface area contributed by atoms with Crippen molar-refractivity contribution in [2.45, 2.75) is 39.7 Å². The molecule has 1 aromatic rings. The maximum Gasteiger partial charge on any atom is 0.123 e. The smallest absolute Gasteiger partial charge is 0.123 e. The number of nitrogens with one attached hydrogen (secondary N) is 1.